The van der Waals surface area contributed by atoms with Crippen LogP contribution < -0.4 is 5.73 Å². The molecule has 0 saturated carbocycles. The van der Waals surface area contributed by atoms with Gasteiger partial charge in [0.25, 0.3) is 0 Å². The summed E-state index contributed by atoms with van der Waals surface area (Å²) in [7, 11) is 0. The van der Waals surface area contributed by atoms with E-state index >= 15 is 0 Å². The van der Waals surface area contributed by atoms with Gasteiger partial charge in [-0.05, 0) is 33.6 Å². The van der Waals surface area contributed by atoms with Crippen molar-refractivity contribution in [1.29, 1.82) is 0 Å². The number of hydrogen-bond acceptors (Lipinski definition) is 4. The Morgan fingerprint density at radius 1 is 1.50 bits per heavy atom. The van der Waals surface area contributed by atoms with Gasteiger partial charge in [0.1, 0.15) is 5.54 Å². The Bertz CT molecular complexity index is 244. The molecule has 3 atom stereocenters. The van der Waals surface area contributed by atoms with E-state index in [-0.39, 0.29) is 24.9 Å². The molecule has 3 unspecified atom stereocenters. The number of nitrogens with two attached hydrogens (primary N) is 1. The Balaban J connectivity index is 2.40. The first kappa shape index (κ1) is 13.4. The van der Waals surface area contributed by atoms with Crippen molar-refractivity contribution in [3.05, 3.63) is 0 Å². The lowest BCUT2D eigenvalue weighted by atomic mass is 10.0. The van der Waals surface area contributed by atoms with Gasteiger partial charge in [-0.3, -0.25) is 4.79 Å². The number of aliphatic carboxylic acids is 1. The van der Waals surface area contributed by atoms with Crippen molar-refractivity contribution >= 4 is 5.97 Å². The van der Waals surface area contributed by atoms with Gasteiger partial charge in [0.05, 0.1) is 24.9 Å². The Morgan fingerprint density at radius 3 is 2.44 bits per heavy atom. The van der Waals surface area contributed by atoms with Crippen LogP contribution in [0.2, 0.25) is 0 Å². The molecular formula is C11H21NO4. The van der Waals surface area contributed by atoms with Crippen molar-refractivity contribution in [3.63, 3.8) is 0 Å². The van der Waals surface area contributed by atoms with Crippen LogP contribution in [0.3, 0.4) is 0 Å². The molecule has 94 valence electrons. The second kappa shape index (κ2) is 5.12. The smallest absolute Gasteiger partial charge is 0.325 e. The molecular weight excluding hydrogens is 210 g/mol. The highest BCUT2D eigenvalue weighted by atomic mass is 16.5. The number of carbonyl (C=O) groups is 1. The lowest BCUT2D eigenvalue weighted by Gasteiger charge is -2.33. The van der Waals surface area contributed by atoms with E-state index in [1.165, 1.54) is 6.92 Å². The van der Waals surface area contributed by atoms with E-state index in [0.29, 0.717) is 0 Å². The van der Waals surface area contributed by atoms with E-state index in [2.05, 4.69) is 0 Å². The maximum Gasteiger partial charge on any atom is 0.325 e. The second-order valence-electron chi connectivity index (χ2n) is 4.88. The molecule has 0 spiro atoms. The first-order valence-corrected chi connectivity index (χ1v) is 5.60. The summed E-state index contributed by atoms with van der Waals surface area (Å²) in [6.45, 7) is 5.48. The van der Waals surface area contributed by atoms with Crippen molar-refractivity contribution in [3.8, 4) is 0 Å². The van der Waals surface area contributed by atoms with Crippen LogP contribution in [0.4, 0.5) is 0 Å². The van der Waals surface area contributed by atoms with Crippen molar-refractivity contribution in [2.45, 2.75) is 57.5 Å². The maximum absolute atomic E-state index is 10.8. The molecule has 5 heteroatoms. The predicted octanol–water partition coefficient (Wildman–Crippen LogP) is 0.761. The third-order valence-electron chi connectivity index (χ3n) is 2.76. The zero-order valence-corrected chi connectivity index (χ0v) is 10.1. The molecule has 1 aliphatic heterocycles. The Morgan fingerprint density at radius 2 is 2.00 bits per heavy atom. The first-order chi connectivity index (χ1) is 7.31. The Hall–Kier alpha value is -0.650. The summed E-state index contributed by atoms with van der Waals surface area (Å²) in [5.74, 6) is -1.04. The molecule has 0 bridgehead atoms. The molecule has 0 aromatic carbocycles. The molecule has 5 nitrogen and oxygen atoms in total. The van der Waals surface area contributed by atoms with Crippen LogP contribution in [0.5, 0.6) is 0 Å². The van der Waals surface area contributed by atoms with E-state index in [4.69, 9.17) is 20.3 Å². The number of carboxylic acids is 1. The topological polar surface area (TPSA) is 81.8 Å². The molecule has 1 rings (SSSR count). The maximum atomic E-state index is 10.8. The molecule has 1 fully saturated rings. The van der Waals surface area contributed by atoms with Gasteiger partial charge in [0.2, 0.25) is 0 Å². The van der Waals surface area contributed by atoms with Crippen LogP contribution in [-0.4, -0.2) is 41.5 Å². The van der Waals surface area contributed by atoms with Crippen molar-refractivity contribution in [2.24, 2.45) is 5.73 Å². The van der Waals surface area contributed by atoms with Crippen LogP contribution in [-0.2, 0) is 14.3 Å². The van der Waals surface area contributed by atoms with Gasteiger partial charge in [-0.2, -0.15) is 0 Å². The quantitative estimate of drug-likeness (QED) is 0.746. The van der Waals surface area contributed by atoms with E-state index < -0.39 is 11.5 Å². The minimum absolute atomic E-state index is 0.0342. The molecule has 3 N–H and O–H groups in total. The van der Waals surface area contributed by atoms with E-state index in [9.17, 15) is 4.79 Å². The number of rotatable bonds is 4. The monoisotopic (exact) mass is 231 g/mol. The minimum atomic E-state index is -1.31. The van der Waals surface area contributed by atoms with Crippen molar-refractivity contribution in [1.82, 2.24) is 0 Å². The van der Waals surface area contributed by atoms with E-state index in [0.717, 1.165) is 12.8 Å². The predicted molar refractivity (Wildman–Crippen MR) is 59.2 cm³/mol. The fraction of sp³-hybridized carbons (Fsp3) is 0.909. The molecule has 0 radical (unpaired) electrons. The standard InChI is InChI=1S/C11H21NO4/c1-7-4-9(5-8(2)16-7)15-6-11(3,12)10(13)14/h7-9H,4-6,12H2,1-3H3,(H,13,14). The Labute approximate surface area is 95.9 Å². The van der Waals surface area contributed by atoms with Gasteiger partial charge in [-0.15, -0.1) is 0 Å². The van der Waals surface area contributed by atoms with Gasteiger partial charge in [-0.25, -0.2) is 0 Å². The highest BCUT2D eigenvalue weighted by Crippen LogP contribution is 2.22. The normalized spacial score (nSPS) is 34.4. The van der Waals surface area contributed by atoms with Crippen LogP contribution in [0.1, 0.15) is 33.6 Å². The third kappa shape index (κ3) is 3.73. The van der Waals surface area contributed by atoms with E-state index in [1.54, 1.807) is 0 Å². The van der Waals surface area contributed by atoms with E-state index in [1.807, 2.05) is 13.8 Å². The van der Waals surface area contributed by atoms with Crippen LogP contribution in [0, 0.1) is 0 Å². The largest absolute Gasteiger partial charge is 0.480 e. The number of hydrogen-bond donors (Lipinski definition) is 2. The molecule has 0 aromatic rings. The van der Waals surface area contributed by atoms with Crippen molar-refractivity contribution < 1.29 is 19.4 Å². The lowest BCUT2D eigenvalue weighted by molar-refractivity contribution is -0.149. The summed E-state index contributed by atoms with van der Waals surface area (Å²) in [5.41, 5.74) is 4.28. The molecule has 0 aromatic heterocycles. The molecule has 16 heavy (non-hydrogen) atoms. The second-order valence-corrected chi connectivity index (χ2v) is 4.88. The average Bonchev–Trinajstić information content (AvgIpc) is 2.13. The summed E-state index contributed by atoms with van der Waals surface area (Å²) in [5, 5.41) is 8.85. The lowest BCUT2D eigenvalue weighted by Crippen LogP contribution is -2.50. The van der Waals surface area contributed by atoms with Gasteiger partial charge in [0.15, 0.2) is 0 Å². The number of ether oxygens (including phenoxy) is 2. The highest BCUT2D eigenvalue weighted by Gasteiger charge is 2.31. The van der Waals surface area contributed by atoms with Crippen LogP contribution in [0.25, 0.3) is 0 Å². The molecule has 0 aliphatic carbocycles. The van der Waals surface area contributed by atoms with Gasteiger partial charge in [0, 0.05) is 0 Å². The summed E-state index contributed by atoms with van der Waals surface area (Å²) < 4.78 is 11.1. The summed E-state index contributed by atoms with van der Waals surface area (Å²) in [4.78, 5) is 10.8. The first-order valence-electron chi connectivity index (χ1n) is 5.60. The number of carboxylic acid groups (broad SMARTS) is 1. The Kier molecular flexibility index (Phi) is 4.29. The highest BCUT2D eigenvalue weighted by molar-refractivity contribution is 5.77. The third-order valence-corrected chi connectivity index (χ3v) is 2.76. The molecule has 1 aliphatic rings. The van der Waals surface area contributed by atoms with Crippen LogP contribution >= 0.6 is 0 Å². The van der Waals surface area contributed by atoms with Gasteiger partial charge < -0.3 is 20.3 Å². The minimum Gasteiger partial charge on any atom is -0.480 e. The van der Waals surface area contributed by atoms with Gasteiger partial charge >= 0.3 is 5.97 Å². The van der Waals surface area contributed by atoms with Crippen molar-refractivity contribution in [2.75, 3.05) is 6.61 Å². The van der Waals surface area contributed by atoms with Gasteiger partial charge in [-0.1, -0.05) is 0 Å². The summed E-state index contributed by atoms with van der Waals surface area (Å²) >= 11 is 0. The summed E-state index contributed by atoms with van der Waals surface area (Å²) in [6, 6.07) is 0. The molecule has 0 amide bonds. The SMILES string of the molecule is CC1CC(OCC(C)(N)C(=O)O)CC(C)O1. The van der Waals surface area contributed by atoms with Crippen LogP contribution in [0.15, 0.2) is 0 Å². The average molecular weight is 231 g/mol. The fourth-order valence-corrected chi connectivity index (χ4v) is 1.83. The zero-order valence-electron chi connectivity index (χ0n) is 10.1. The molecule has 1 saturated heterocycles. The zero-order chi connectivity index (χ0) is 12.3. The summed E-state index contributed by atoms with van der Waals surface area (Å²) in [6.07, 6.45) is 1.94. The fourth-order valence-electron chi connectivity index (χ4n) is 1.83. The molecule has 1 heterocycles.